The summed E-state index contributed by atoms with van der Waals surface area (Å²) in [5, 5.41) is 4.90. The number of fused-ring (bicyclic) bond motifs is 1. The van der Waals surface area contributed by atoms with Crippen LogP contribution < -0.4 is 5.32 Å². The molecule has 2 heterocycles. The molecule has 0 saturated heterocycles. The molecule has 0 aliphatic carbocycles. The number of hydrogen-bond acceptors (Lipinski definition) is 4. The Bertz CT molecular complexity index is 576. The van der Waals surface area contributed by atoms with E-state index in [0.717, 1.165) is 24.2 Å². The molecule has 0 aromatic carbocycles. The fraction of sp³-hybridized carbons (Fsp3) is 0.625. The fourth-order valence-electron chi connectivity index (χ4n) is 2.79. The number of nitrogens with one attached hydrogen (secondary N) is 1. The number of aromatic nitrogens is 2. The average molecular weight is 291 g/mol. The van der Waals surface area contributed by atoms with Crippen LogP contribution in [0.25, 0.3) is 10.2 Å². The van der Waals surface area contributed by atoms with Crippen molar-refractivity contribution in [3.05, 3.63) is 22.5 Å². The molecule has 2 aromatic rings. The lowest BCUT2D eigenvalue weighted by Crippen LogP contribution is -2.33. The third-order valence-electron chi connectivity index (χ3n) is 4.11. The molecule has 0 radical (unpaired) electrons. The highest BCUT2D eigenvalue weighted by molar-refractivity contribution is 7.18. The highest BCUT2D eigenvalue weighted by atomic mass is 32.1. The second kappa shape index (κ2) is 6.64. The minimum Gasteiger partial charge on any atom is -0.314 e. The van der Waals surface area contributed by atoms with Crippen molar-refractivity contribution in [3.63, 3.8) is 0 Å². The Morgan fingerprint density at radius 3 is 2.65 bits per heavy atom. The molecule has 2 rings (SSSR count). The monoisotopic (exact) mass is 291 g/mol. The predicted molar refractivity (Wildman–Crippen MR) is 87.7 cm³/mol. The molecule has 0 amide bonds. The van der Waals surface area contributed by atoms with Crippen molar-refractivity contribution in [3.8, 4) is 0 Å². The second-order valence-electron chi connectivity index (χ2n) is 5.48. The van der Waals surface area contributed by atoms with E-state index in [-0.39, 0.29) is 0 Å². The first-order valence-electron chi connectivity index (χ1n) is 7.54. The molecule has 1 N–H and O–H groups in total. The van der Waals surface area contributed by atoms with Gasteiger partial charge in [-0.1, -0.05) is 13.8 Å². The summed E-state index contributed by atoms with van der Waals surface area (Å²) in [5.74, 6) is 0.444. The van der Waals surface area contributed by atoms with E-state index in [9.17, 15) is 0 Å². The van der Waals surface area contributed by atoms with Gasteiger partial charge in [0.1, 0.15) is 11.2 Å². The van der Waals surface area contributed by atoms with E-state index in [0.29, 0.717) is 12.0 Å². The van der Waals surface area contributed by atoms with Crippen LogP contribution in [0, 0.1) is 13.8 Å². The van der Waals surface area contributed by atoms with Crippen molar-refractivity contribution in [1.29, 1.82) is 0 Å². The van der Waals surface area contributed by atoms with Crippen LogP contribution in [0.1, 0.15) is 55.7 Å². The van der Waals surface area contributed by atoms with Crippen LogP contribution >= 0.6 is 11.3 Å². The molecule has 2 unspecified atom stereocenters. The number of rotatable bonds is 6. The van der Waals surface area contributed by atoms with Gasteiger partial charge in [-0.05, 0) is 45.7 Å². The molecule has 0 spiro atoms. The zero-order valence-corrected chi connectivity index (χ0v) is 14.0. The second-order valence-corrected chi connectivity index (χ2v) is 6.68. The van der Waals surface area contributed by atoms with Crippen molar-refractivity contribution >= 4 is 21.6 Å². The summed E-state index contributed by atoms with van der Waals surface area (Å²) in [6.07, 6.45) is 3.98. The summed E-state index contributed by atoms with van der Waals surface area (Å²) in [4.78, 5) is 11.6. The number of aryl methyl sites for hydroxylation is 2. The summed E-state index contributed by atoms with van der Waals surface area (Å²) in [5.41, 5.74) is 2.57. The van der Waals surface area contributed by atoms with E-state index in [1.165, 1.54) is 21.5 Å². The van der Waals surface area contributed by atoms with Crippen molar-refractivity contribution in [2.75, 3.05) is 6.54 Å². The minimum atomic E-state index is 0.442. The van der Waals surface area contributed by atoms with Crippen LogP contribution in [0.3, 0.4) is 0 Å². The van der Waals surface area contributed by atoms with Gasteiger partial charge >= 0.3 is 0 Å². The molecule has 0 aliphatic rings. The van der Waals surface area contributed by atoms with Crippen molar-refractivity contribution < 1.29 is 0 Å². The van der Waals surface area contributed by atoms with Crippen molar-refractivity contribution in [2.24, 2.45) is 0 Å². The minimum absolute atomic E-state index is 0.442. The lowest BCUT2D eigenvalue weighted by molar-refractivity contribution is 0.445. The Hall–Kier alpha value is -1.00. The topological polar surface area (TPSA) is 37.8 Å². The van der Waals surface area contributed by atoms with Gasteiger partial charge in [-0.2, -0.15) is 0 Å². The van der Waals surface area contributed by atoms with Gasteiger partial charge < -0.3 is 5.32 Å². The summed E-state index contributed by atoms with van der Waals surface area (Å²) in [7, 11) is 0. The first-order valence-corrected chi connectivity index (χ1v) is 8.35. The molecule has 0 saturated carbocycles. The van der Waals surface area contributed by atoms with Crippen LogP contribution in [-0.4, -0.2) is 22.6 Å². The lowest BCUT2D eigenvalue weighted by Gasteiger charge is -2.24. The van der Waals surface area contributed by atoms with E-state index < -0.39 is 0 Å². The zero-order valence-electron chi connectivity index (χ0n) is 13.2. The summed E-state index contributed by atoms with van der Waals surface area (Å²) in [6.45, 7) is 12.1. The van der Waals surface area contributed by atoms with E-state index in [1.54, 1.807) is 17.7 Å². The molecule has 3 nitrogen and oxygen atoms in total. The Labute approximate surface area is 125 Å². The van der Waals surface area contributed by atoms with Gasteiger partial charge in [0.05, 0.1) is 5.69 Å². The van der Waals surface area contributed by atoms with Gasteiger partial charge in [-0.3, -0.25) is 0 Å². The molecule has 2 aromatic heterocycles. The standard InChI is InChI=1S/C16H25N3S/c1-6-8-17-11(4)13(7-2)15-14-10(3)12(5)20-16(14)19-9-18-15/h9,11,13,17H,6-8H2,1-5H3. The lowest BCUT2D eigenvalue weighted by atomic mass is 9.91. The van der Waals surface area contributed by atoms with Crippen LogP contribution in [0.4, 0.5) is 0 Å². The summed E-state index contributed by atoms with van der Waals surface area (Å²) in [6, 6.07) is 0.442. The van der Waals surface area contributed by atoms with Gasteiger partial charge in [0.15, 0.2) is 0 Å². The van der Waals surface area contributed by atoms with Gasteiger partial charge in [0.25, 0.3) is 0 Å². The van der Waals surface area contributed by atoms with Crippen LogP contribution in [0.15, 0.2) is 6.33 Å². The molecule has 110 valence electrons. The molecular formula is C16H25N3S. The largest absolute Gasteiger partial charge is 0.314 e. The maximum Gasteiger partial charge on any atom is 0.127 e. The highest BCUT2D eigenvalue weighted by Gasteiger charge is 2.23. The van der Waals surface area contributed by atoms with Gasteiger partial charge in [-0.25, -0.2) is 9.97 Å². The first-order chi connectivity index (χ1) is 9.60. The molecular weight excluding hydrogens is 266 g/mol. The van der Waals surface area contributed by atoms with Crippen molar-refractivity contribution in [2.45, 2.75) is 59.4 Å². The number of nitrogens with zero attached hydrogens (tertiary/aromatic N) is 2. The number of hydrogen-bond donors (Lipinski definition) is 1. The van der Waals surface area contributed by atoms with Gasteiger partial charge in [0.2, 0.25) is 0 Å². The maximum atomic E-state index is 4.64. The Balaban J connectivity index is 2.44. The maximum absolute atomic E-state index is 4.64. The molecule has 2 atom stereocenters. The fourth-order valence-corrected chi connectivity index (χ4v) is 3.79. The molecule has 0 fully saturated rings. The quantitative estimate of drug-likeness (QED) is 0.867. The highest BCUT2D eigenvalue weighted by Crippen LogP contribution is 2.35. The van der Waals surface area contributed by atoms with Crippen LogP contribution in [0.5, 0.6) is 0 Å². The van der Waals surface area contributed by atoms with Crippen molar-refractivity contribution in [1.82, 2.24) is 15.3 Å². The molecule has 0 aliphatic heterocycles. The van der Waals surface area contributed by atoms with E-state index in [1.807, 2.05) is 0 Å². The Morgan fingerprint density at radius 1 is 1.25 bits per heavy atom. The normalized spacial score (nSPS) is 14.7. The third-order valence-corrected chi connectivity index (χ3v) is 5.22. The van der Waals surface area contributed by atoms with E-state index in [2.05, 4.69) is 49.9 Å². The summed E-state index contributed by atoms with van der Waals surface area (Å²) >= 11 is 1.78. The van der Waals surface area contributed by atoms with Crippen LogP contribution in [0.2, 0.25) is 0 Å². The Kier molecular flexibility index (Phi) is 5.11. The number of thiophene rings is 1. The van der Waals surface area contributed by atoms with E-state index in [4.69, 9.17) is 0 Å². The molecule has 0 bridgehead atoms. The van der Waals surface area contributed by atoms with E-state index >= 15 is 0 Å². The van der Waals surface area contributed by atoms with Gasteiger partial charge in [-0.15, -0.1) is 11.3 Å². The summed E-state index contributed by atoms with van der Waals surface area (Å²) < 4.78 is 0. The van der Waals surface area contributed by atoms with Gasteiger partial charge in [0, 0.05) is 22.2 Å². The van der Waals surface area contributed by atoms with Crippen LogP contribution in [-0.2, 0) is 0 Å². The molecule has 20 heavy (non-hydrogen) atoms. The zero-order chi connectivity index (χ0) is 14.7. The Morgan fingerprint density at radius 2 is 2.00 bits per heavy atom. The smallest absolute Gasteiger partial charge is 0.127 e. The third kappa shape index (κ3) is 2.86. The average Bonchev–Trinajstić information content (AvgIpc) is 2.73. The predicted octanol–water partition coefficient (Wildman–Crippen LogP) is 4.19. The SMILES string of the molecule is CCCNC(C)C(CC)c1ncnc2sc(C)c(C)c12. The first kappa shape index (κ1) is 15.4. The molecule has 4 heteroatoms.